The van der Waals surface area contributed by atoms with Crippen LogP contribution in [0.1, 0.15) is 68.2 Å². The molecule has 4 aliphatic carbocycles. The van der Waals surface area contributed by atoms with Crippen molar-refractivity contribution >= 4 is 23.7 Å². The molecule has 0 bridgehead atoms. The van der Waals surface area contributed by atoms with Gasteiger partial charge in [0.05, 0.1) is 43.4 Å². The first-order chi connectivity index (χ1) is 23.7. The molecule has 2 saturated heterocycles. The summed E-state index contributed by atoms with van der Waals surface area (Å²) in [5, 5.41) is 12.9. The number of hydrogen-bond acceptors (Lipinski definition) is 10. The lowest BCUT2D eigenvalue weighted by molar-refractivity contribution is -0.147. The summed E-state index contributed by atoms with van der Waals surface area (Å²) in [7, 11) is 0. The minimum absolute atomic E-state index is 0.189. The molecule has 0 saturated carbocycles. The maximum absolute atomic E-state index is 13.9. The molecule has 7 rings (SSSR count). The molecule has 50 heavy (non-hydrogen) atoms. The Hall–Kier alpha value is -3.60. The summed E-state index contributed by atoms with van der Waals surface area (Å²) in [5.41, 5.74) is 3.69. The molecule has 0 aromatic heterocycles. The molecular weight excluding hydrogens is 640 g/mol. The third kappa shape index (κ3) is 5.15. The summed E-state index contributed by atoms with van der Waals surface area (Å²) in [6, 6.07) is 0. The van der Waals surface area contributed by atoms with Crippen LogP contribution in [-0.4, -0.2) is 72.5 Å². The van der Waals surface area contributed by atoms with Gasteiger partial charge in [-0.3, -0.25) is 14.4 Å². The summed E-state index contributed by atoms with van der Waals surface area (Å²) in [4.78, 5) is 53.7. The Balaban J connectivity index is 1.35. The molecule has 3 heterocycles. The zero-order valence-electron chi connectivity index (χ0n) is 30.1. The van der Waals surface area contributed by atoms with Crippen LogP contribution in [0.15, 0.2) is 69.1 Å². The van der Waals surface area contributed by atoms with Crippen molar-refractivity contribution in [3.8, 4) is 0 Å². The molecule has 0 unspecified atom stereocenters. The molecule has 0 aromatic carbocycles. The molecule has 0 aromatic rings. The Morgan fingerprint density at radius 3 is 2.08 bits per heavy atom. The van der Waals surface area contributed by atoms with Crippen molar-refractivity contribution in [2.75, 3.05) is 13.2 Å². The Morgan fingerprint density at radius 2 is 1.48 bits per heavy atom. The van der Waals surface area contributed by atoms with E-state index in [-0.39, 0.29) is 36.5 Å². The highest BCUT2D eigenvalue weighted by molar-refractivity contribution is 6.09. The van der Waals surface area contributed by atoms with E-state index in [9.17, 15) is 24.3 Å². The minimum Gasteiger partial charge on any atom is -0.461 e. The predicted molar refractivity (Wildman–Crippen MR) is 181 cm³/mol. The molecule has 268 valence electrons. The summed E-state index contributed by atoms with van der Waals surface area (Å²) >= 11 is 0. The SMILES string of the molecule is C/C=C(\C)CO[C@@H]1CC([C@@H](O)[C@]2(C)C=C3OC(=O)C4=C3[C@H]2[C@H]2OC(=O)[C@H](C)[C@@H]2[C@H](OC/C(C)=C/C)C4)=C2C(=O)C=C(C)[C@@H]2[C@H]2OC(=O)[C@H](C)[C@@H]21. The lowest BCUT2D eigenvalue weighted by atomic mass is 9.65. The second-order valence-electron chi connectivity index (χ2n) is 15.6. The van der Waals surface area contributed by atoms with Crippen LogP contribution in [0.2, 0.25) is 0 Å². The molecule has 7 aliphatic rings. The van der Waals surface area contributed by atoms with E-state index >= 15 is 0 Å². The molecule has 10 heteroatoms. The van der Waals surface area contributed by atoms with E-state index in [1.165, 1.54) is 0 Å². The van der Waals surface area contributed by atoms with Crippen LogP contribution in [0.5, 0.6) is 0 Å². The van der Waals surface area contributed by atoms with Gasteiger partial charge in [-0.05, 0) is 58.8 Å². The maximum atomic E-state index is 13.9. The number of carbonyl (C=O) groups excluding carboxylic acids is 4. The van der Waals surface area contributed by atoms with Crippen LogP contribution in [-0.2, 0) is 42.9 Å². The van der Waals surface area contributed by atoms with Crippen molar-refractivity contribution in [1.29, 1.82) is 0 Å². The molecule has 1 N–H and O–H groups in total. The van der Waals surface area contributed by atoms with Gasteiger partial charge in [0.25, 0.3) is 0 Å². The van der Waals surface area contributed by atoms with Crippen LogP contribution in [0.3, 0.4) is 0 Å². The topological polar surface area (TPSA) is 135 Å². The van der Waals surface area contributed by atoms with E-state index in [1.807, 2.05) is 67.5 Å². The molecule has 0 spiro atoms. The largest absolute Gasteiger partial charge is 0.461 e. The van der Waals surface area contributed by atoms with Gasteiger partial charge in [-0.25, -0.2) is 4.79 Å². The van der Waals surface area contributed by atoms with Crippen LogP contribution in [0.4, 0.5) is 0 Å². The number of rotatable bonds is 8. The van der Waals surface area contributed by atoms with Crippen LogP contribution < -0.4 is 0 Å². The fourth-order valence-corrected chi connectivity index (χ4v) is 9.69. The number of esters is 3. The number of ether oxygens (including phenoxy) is 5. The van der Waals surface area contributed by atoms with Gasteiger partial charge in [0.2, 0.25) is 0 Å². The van der Waals surface area contributed by atoms with Crippen LogP contribution >= 0.6 is 0 Å². The van der Waals surface area contributed by atoms with E-state index in [0.717, 1.165) is 16.7 Å². The lowest BCUT2D eigenvalue weighted by Gasteiger charge is -2.41. The first-order valence-electron chi connectivity index (χ1n) is 17.9. The van der Waals surface area contributed by atoms with Gasteiger partial charge in [0.1, 0.15) is 18.0 Å². The van der Waals surface area contributed by atoms with Crippen molar-refractivity contribution < 1.29 is 48.0 Å². The molecule has 0 amide bonds. The van der Waals surface area contributed by atoms with Gasteiger partial charge in [0.15, 0.2) is 5.78 Å². The number of allylic oxidation sites excluding steroid dienone is 4. The standard InChI is InChI=1S/C40H48O10/c1-9-17(3)15-46-25-12-22(31-24(41)11-19(5)28(31)34-29(25)20(6)37(43)49-34)36(42)40(8)14-27-32-23(39(45)48-27)13-26(47-16-18(4)10-2)30-21(7)38(44)50-35(30)33(32)40/h9-11,14,20-21,25-26,28-30,33-36,42H,12-13,15-16H2,1-8H3/b17-9+,18-10+/t20-,21-,25-,26-,28+,29-,30-,33+,34-,35+,36-,40-/m1/s1. The van der Waals surface area contributed by atoms with Crippen LogP contribution in [0.25, 0.3) is 0 Å². The highest BCUT2D eigenvalue weighted by atomic mass is 16.6. The van der Waals surface area contributed by atoms with Crippen molar-refractivity contribution in [2.45, 2.75) is 98.8 Å². The van der Waals surface area contributed by atoms with E-state index < -0.39 is 71.5 Å². The summed E-state index contributed by atoms with van der Waals surface area (Å²) < 4.78 is 31.1. The molecule has 10 nitrogen and oxygen atoms in total. The van der Waals surface area contributed by atoms with Gasteiger partial charge in [-0.15, -0.1) is 0 Å². The molecule has 0 radical (unpaired) electrons. The third-order valence-corrected chi connectivity index (χ3v) is 12.7. The summed E-state index contributed by atoms with van der Waals surface area (Å²) in [6.07, 6.45) is 4.07. The lowest BCUT2D eigenvalue weighted by Crippen LogP contribution is -2.47. The second kappa shape index (κ2) is 12.6. The van der Waals surface area contributed by atoms with Crippen molar-refractivity contribution in [2.24, 2.45) is 40.9 Å². The van der Waals surface area contributed by atoms with E-state index in [1.54, 1.807) is 12.2 Å². The van der Waals surface area contributed by atoms with E-state index in [4.69, 9.17) is 23.7 Å². The average Bonchev–Trinajstić information content (AvgIpc) is 3.75. The smallest absolute Gasteiger partial charge is 0.339 e. The second-order valence-corrected chi connectivity index (χ2v) is 15.6. The first-order valence-corrected chi connectivity index (χ1v) is 17.9. The molecule has 3 aliphatic heterocycles. The Kier molecular flexibility index (Phi) is 8.75. The Labute approximate surface area is 293 Å². The molecule has 12 atom stereocenters. The van der Waals surface area contributed by atoms with Gasteiger partial charge in [-0.1, -0.05) is 49.6 Å². The van der Waals surface area contributed by atoms with Crippen molar-refractivity contribution in [3.05, 3.63) is 69.1 Å². The zero-order valence-corrected chi connectivity index (χ0v) is 30.1. The fraction of sp³-hybridized carbons (Fsp3) is 0.600. The van der Waals surface area contributed by atoms with Gasteiger partial charge < -0.3 is 28.8 Å². The number of aliphatic hydroxyl groups excluding tert-OH is 1. The first kappa shape index (κ1) is 34.8. The van der Waals surface area contributed by atoms with Crippen molar-refractivity contribution in [3.63, 3.8) is 0 Å². The number of fused-ring (bicyclic) bond motifs is 5. The normalized spacial score (nSPS) is 40.0. The Morgan fingerprint density at radius 1 is 0.920 bits per heavy atom. The number of hydrogen-bond donors (Lipinski definition) is 1. The quantitative estimate of drug-likeness (QED) is 0.210. The highest BCUT2D eigenvalue weighted by Crippen LogP contribution is 2.61. The summed E-state index contributed by atoms with van der Waals surface area (Å²) in [6.45, 7) is 15.9. The third-order valence-electron chi connectivity index (χ3n) is 12.7. The summed E-state index contributed by atoms with van der Waals surface area (Å²) in [5.74, 6) is -3.92. The number of ketones is 1. The number of carbonyl (C=O) groups is 4. The van der Waals surface area contributed by atoms with Crippen LogP contribution in [0, 0.1) is 40.9 Å². The molecular formula is C40H48O10. The van der Waals surface area contributed by atoms with E-state index in [0.29, 0.717) is 41.3 Å². The van der Waals surface area contributed by atoms with Gasteiger partial charge in [-0.2, -0.15) is 0 Å². The number of aliphatic hydroxyl groups is 1. The zero-order chi connectivity index (χ0) is 36.0. The minimum atomic E-state index is -1.27. The highest BCUT2D eigenvalue weighted by Gasteiger charge is 2.65. The monoisotopic (exact) mass is 688 g/mol. The van der Waals surface area contributed by atoms with Gasteiger partial charge >= 0.3 is 17.9 Å². The molecule has 2 fully saturated rings. The maximum Gasteiger partial charge on any atom is 0.339 e. The average molecular weight is 689 g/mol. The van der Waals surface area contributed by atoms with E-state index in [2.05, 4.69) is 0 Å². The fourth-order valence-electron chi connectivity index (χ4n) is 9.69. The van der Waals surface area contributed by atoms with Gasteiger partial charge in [0, 0.05) is 52.2 Å². The van der Waals surface area contributed by atoms with Crippen molar-refractivity contribution in [1.82, 2.24) is 0 Å². The Bertz CT molecular complexity index is 1740. The predicted octanol–water partition coefficient (Wildman–Crippen LogP) is 5.03.